The topological polar surface area (TPSA) is 101 Å². The summed E-state index contributed by atoms with van der Waals surface area (Å²) in [5, 5.41) is 2.67. The van der Waals surface area contributed by atoms with Gasteiger partial charge in [-0.05, 0) is 31.5 Å². The predicted octanol–water partition coefficient (Wildman–Crippen LogP) is 2.63. The summed E-state index contributed by atoms with van der Waals surface area (Å²) in [6.45, 7) is 3.73. The first kappa shape index (κ1) is 19.7. The molecule has 1 heterocycles. The Balaban J connectivity index is 2.06. The molecule has 1 aromatic heterocycles. The van der Waals surface area contributed by atoms with E-state index in [4.69, 9.17) is 0 Å². The number of methoxy groups -OCH3 is 1. The van der Waals surface area contributed by atoms with Crippen LogP contribution in [-0.2, 0) is 16.0 Å². The number of ether oxygens (including phenoxy) is 1. The maximum atomic E-state index is 12.4. The molecule has 7 nitrogen and oxygen atoms in total. The van der Waals surface area contributed by atoms with E-state index < -0.39 is 11.2 Å². The van der Waals surface area contributed by atoms with Crippen LogP contribution in [0.4, 0.5) is 5.69 Å². The smallest absolute Gasteiger partial charge is 0.337 e. The van der Waals surface area contributed by atoms with E-state index in [1.54, 1.807) is 31.2 Å². The molecule has 0 radical (unpaired) electrons. The lowest BCUT2D eigenvalue weighted by molar-refractivity contribution is -0.115. The third-order valence-electron chi connectivity index (χ3n) is 3.49. The van der Waals surface area contributed by atoms with Gasteiger partial charge in [0.15, 0.2) is 5.16 Å². The van der Waals surface area contributed by atoms with Crippen molar-refractivity contribution in [3.63, 3.8) is 0 Å². The number of aryl methyl sites for hydroxylation is 1. The molecule has 1 unspecified atom stereocenters. The highest BCUT2D eigenvalue weighted by Crippen LogP contribution is 2.21. The molecule has 2 aromatic rings. The Labute approximate surface area is 155 Å². The second kappa shape index (κ2) is 9.19. The number of hydrogen-bond acceptors (Lipinski definition) is 6. The number of hydrogen-bond donors (Lipinski definition) is 2. The average Bonchev–Trinajstić information content (AvgIpc) is 2.61. The maximum absolute atomic E-state index is 12.4. The van der Waals surface area contributed by atoms with Crippen molar-refractivity contribution in [2.24, 2.45) is 0 Å². The van der Waals surface area contributed by atoms with E-state index in [0.717, 1.165) is 6.42 Å². The summed E-state index contributed by atoms with van der Waals surface area (Å²) in [7, 11) is 1.30. The van der Waals surface area contributed by atoms with Crippen molar-refractivity contribution < 1.29 is 14.3 Å². The fourth-order valence-electron chi connectivity index (χ4n) is 2.23. The number of nitrogens with one attached hydrogen (secondary N) is 2. The van der Waals surface area contributed by atoms with Gasteiger partial charge in [0.2, 0.25) is 5.91 Å². The molecule has 26 heavy (non-hydrogen) atoms. The molecule has 8 heteroatoms. The summed E-state index contributed by atoms with van der Waals surface area (Å²) in [6.07, 6.45) is 1.59. The number of rotatable bonds is 7. The van der Waals surface area contributed by atoms with E-state index in [-0.39, 0.29) is 11.5 Å². The zero-order valence-corrected chi connectivity index (χ0v) is 15.7. The van der Waals surface area contributed by atoms with Crippen molar-refractivity contribution in [2.45, 2.75) is 37.1 Å². The van der Waals surface area contributed by atoms with E-state index in [1.165, 1.54) is 24.9 Å². The van der Waals surface area contributed by atoms with Gasteiger partial charge in [-0.15, -0.1) is 0 Å². The quantitative estimate of drug-likeness (QED) is 0.438. The van der Waals surface area contributed by atoms with E-state index >= 15 is 0 Å². The minimum atomic E-state index is -0.489. The molecule has 1 aromatic carbocycles. The Morgan fingerprint density at radius 3 is 2.81 bits per heavy atom. The fourth-order valence-corrected chi connectivity index (χ4v) is 3.06. The molecule has 2 N–H and O–H groups in total. The minimum absolute atomic E-state index is 0.232. The lowest BCUT2D eigenvalue weighted by Gasteiger charge is -2.12. The first-order valence-corrected chi connectivity index (χ1v) is 9.07. The molecule has 0 aliphatic carbocycles. The lowest BCUT2D eigenvalue weighted by Crippen LogP contribution is -2.23. The van der Waals surface area contributed by atoms with Gasteiger partial charge in [-0.1, -0.05) is 31.2 Å². The Morgan fingerprint density at radius 2 is 2.12 bits per heavy atom. The molecule has 1 atom stereocenters. The van der Waals surface area contributed by atoms with E-state index in [1.807, 2.05) is 6.92 Å². The molecule has 0 aliphatic rings. The van der Waals surface area contributed by atoms with Crippen molar-refractivity contribution in [2.75, 3.05) is 12.4 Å². The minimum Gasteiger partial charge on any atom is -0.465 e. The molecule has 0 saturated heterocycles. The summed E-state index contributed by atoms with van der Waals surface area (Å²) < 4.78 is 4.67. The van der Waals surface area contributed by atoms with Crippen molar-refractivity contribution in [1.82, 2.24) is 9.97 Å². The highest BCUT2D eigenvalue weighted by Gasteiger charge is 2.17. The Morgan fingerprint density at radius 1 is 1.35 bits per heavy atom. The fraction of sp³-hybridized carbons (Fsp3) is 0.333. The third kappa shape index (κ3) is 5.45. The zero-order chi connectivity index (χ0) is 19.1. The monoisotopic (exact) mass is 375 g/mol. The summed E-state index contributed by atoms with van der Waals surface area (Å²) in [6, 6.07) is 7.96. The van der Waals surface area contributed by atoms with Crippen LogP contribution in [-0.4, -0.2) is 34.2 Å². The van der Waals surface area contributed by atoms with Gasteiger partial charge in [-0.2, -0.15) is 0 Å². The van der Waals surface area contributed by atoms with E-state index in [0.29, 0.717) is 28.5 Å². The van der Waals surface area contributed by atoms with Crippen LogP contribution < -0.4 is 10.9 Å². The third-order valence-corrected chi connectivity index (χ3v) is 4.47. The van der Waals surface area contributed by atoms with Gasteiger partial charge in [-0.3, -0.25) is 9.59 Å². The Hall–Kier alpha value is -2.61. The highest BCUT2D eigenvalue weighted by molar-refractivity contribution is 8.00. The number of esters is 1. The van der Waals surface area contributed by atoms with E-state index in [2.05, 4.69) is 20.0 Å². The Bertz CT molecular complexity index is 850. The standard InChI is InChI=1S/C18H21N3O4S/c1-4-6-13-10-15(22)21-18(20-13)26-11(2)16(23)19-14-8-5-7-12(9-14)17(24)25-3/h5,7-11H,4,6H2,1-3H3,(H,19,23)(H,20,21,22). The molecule has 0 saturated carbocycles. The van der Waals surface area contributed by atoms with Crippen LogP contribution in [0, 0.1) is 0 Å². The van der Waals surface area contributed by atoms with Gasteiger partial charge in [0.25, 0.3) is 5.56 Å². The molecule has 2 rings (SSSR count). The molecule has 138 valence electrons. The molecule has 0 fully saturated rings. The normalized spacial score (nSPS) is 11.7. The molecule has 0 bridgehead atoms. The first-order valence-electron chi connectivity index (χ1n) is 8.19. The van der Waals surface area contributed by atoms with Gasteiger partial charge in [0.05, 0.1) is 17.9 Å². The number of anilines is 1. The van der Waals surface area contributed by atoms with Crippen LogP contribution in [0.1, 0.15) is 36.3 Å². The number of H-pyrrole nitrogens is 1. The molecular formula is C18H21N3O4S. The van der Waals surface area contributed by atoms with Gasteiger partial charge < -0.3 is 15.0 Å². The van der Waals surface area contributed by atoms with Crippen LogP contribution in [0.3, 0.4) is 0 Å². The largest absolute Gasteiger partial charge is 0.465 e. The van der Waals surface area contributed by atoms with Crippen LogP contribution in [0.2, 0.25) is 0 Å². The molecule has 0 spiro atoms. The number of carbonyl (C=O) groups excluding carboxylic acids is 2. The molecular weight excluding hydrogens is 354 g/mol. The lowest BCUT2D eigenvalue weighted by atomic mass is 10.2. The van der Waals surface area contributed by atoms with Crippen LogP contribution >= 0.6 is 11.8 Å². The highest BCUT2D eigenvalue weighted by atomic mass is 32.2. The maximum Gasteiger partial charge on any atom is 0.337 e. The van der Waals surface area contributed by atoms with Crippen molar-refractivity contribution in [1.29, 1.82) is 0 Å². The summed E-state index contributed by atoms with van der Waals surface area (Å²) in [5.74, 6) is -0.737. The molecule has 1 amide bonds. The molecule has 0 aliphatic heterocycles. The number of amides is 1. The second-order valence-electron chi connectivity index (χ2n) is 5.61. The van der Waals surface area contributed by atoms with Gasteiger partial charge in [-0.25, -0.2) is 9.78 Å². The van der Waals surface area contributed by atoms with Gasteiger partial charge >= 0.3 is 5.97 Å². The van der Waals surface area contributed by atoms with Crippen LogP contribution in [0.25, 0.3) is 0 Å². The van der Waals surface area contributed by atoms with Crippen molar-refractivity contribution >= 4 is 29.3 Å². The second-order valence-corrected chi connectivity index (χ2v) is 6.94. The number of benzene rings is 1. The van der Waals surface area contributed by atoms with E-state index in [9.17, 15) is 14.4 Å². The summed E-state index contributed by atoms with van der Waals surface area (Å²) in [5.41, 5.74) is 1.32. The van der Waals surface area contributed by atoms with Gasteiger partial charge in [0, 0.05) is 17.4 Å². The van der Waals surface area contributed by atoms with Crippen LogP contribution in [0.15, 0.2) is 40.3 Å². The van der Waals surface area contributed by atoms with Crippen molar-refractivity contribution in [3.8, 4) is 0 Å². The number of carbonyl (C=O) groups is 2. The van der Waals surface area contributed by atoms with Crippen molar-refractivity contribution in [3.05, 3.63) is 51.9 Å². The number of thioether (sulfide) groups is 1. The predicted molar refractivity (Wildman–Crippen MR) is 101 cm³/mol. The first-order chi connectivity index (χ1) is 12.4. The zero-order valence-electron chi connectivity index (χ0n) is 14.9. The number of aromatic amines is 1. The SMILES string of the molecule is CCCc1cc(=O)[nH]c(SC(C)C(=O)Nc2cccc(C(=O)OC)c2)n1. The summed E-state index contributed by atoms with van der Waals surface area (Å²) >= 11 is 1.17. The van der Waals surface area contributed by atoms with Crippen LogP contribution in [0.5, 0.6) is 0 Å². The summed E-state index contributed by atoms with van der Waals surface area (Å²) in [4.78, 5) is 42.7. The Kier molecular flexibility index (Phi) is 6.97. The number of aromatic nitrogens is 2. The average molecular weight is 375 g/mol. The number of nitrogens with zero attached hydrogens (tertiary/aromatic N) is 1. The van der Waals surface area contributed by atoms with Gasteiger partial charge in [0.1, 0.15) is 0 Å².